The minimum atomic E-state index is -4.48. The highest BCUT2D eigenvalue weighted by Crippen LogP contribution is 2.39. The van der Waals surface area contributed by atoms with E-state index in [0.717, 1.165) is 9.80 Å². The second-order valence-corrected chi connectivity index (χ2v) is 4.75. The molecule has 2 rings (SSSR count). The molecule has 0 aromatic heterocycles. The van der Waals surface area contributed by atoms with Gasteiger partial charge in [-0.2, -0.15) is 18.4 Å². The Balaban J connectivity index is 2.49. The van der Waals surface area contributed by atoms with Crippen LogP contribution in [-0.4, -0.2) is 30.2 Å². The monoisotopic (exact) mass is 297 g/mol. The summed E-state index contributed by atoms with van der Waals surface area (Å²) in [5, 5.41) is 8.82. The van der Waals surface area contributed by atoms with Crippen LogP contribution < -0.4 is 4.90 Å². The topological polar surface area (TPSA) is 47.3 Å². The molecule has 2 amide bonds. The molecule has 0 fully saturated rings. The number of fused-ring (bicyclic) bond motifs is 1. The molecule has 0 spiro atoms. The maximum absolute atomic E-state index is 12.7. The Hall–Kier alpha value is -2.23. The van der Waals surface area contributed by atoms with Crippen molar-refractivity contribution in [1.82, 2.24) is 4.90 Å². The number of carbonyl (C=O) groups excluding carboxylic acids is 1. The van der Waals surface area contributed by atoms with Crippen molar-refractivity contribution in [2.24, 2.45) is 0 Å². The average Bonchev–Trinajstić information content (AvgIpc) is 2.42. The number of amides is 2. The van der Waals surface area contributed by atoms with Gasteiger partial charge in [-0.05, 0) is 18.1 Å². The van der Waals surface area contributed by atoms with Crippen molar-refractivity contribution in [3.05, 3.63) is 29.8 Å². The van der Waals surface area contributed by atoms with Crippen molar-refractivity contribution >= 4 is 11.7 Å². The Morgan fingerprint density at radius 3 is 2.57 bits per heavy atom. The van der Waals surface area contributed by atoms with Gasteiger partial charge in [-0.3, -0.25) is 4.90 Å². The summed E-state index contributed by atoms with van der Waals surface area (Å²) in [6.07, 6.45) is -4.10. The highest BCUT2D eigenvalue weighted by molar-refractivity contribution is 5.96. The smallest absolute Gasteiger partial charge is 0.308 e. The first-order valence-corrected chi connectivity index (χ1v) is 6.49. The summed E-state index contributed by atoms with van der Waals surface area (Å²) in [7, 11) is 0. The van der Waals surface area contributed by atoms with Gasteiger partial charge in [0.15, 0.2) is 0 Å². The van der Waals surface area contributed by atoms with Crippen molar-refractivity contribution in [3.8, 4) is 6.07 Å². The third-order valence-corrected chi connectivity index (χ3v) is 3.40. The first kappa shape index (κ1) is 15.2. The lowest BCUT2D eigenvalue weighted by Gasteiger charge is -2.41. The molecule has 1 aromatic rings. The predicted molar refractivity (Wildman–Crippen MR) is 70.6 cm³/mol. The molecule has 1 aromatic carbocycles. The highest BCUT2D eigenvalue weighted by Gasteiger charge is 2.42. The van der Waals surface area contributed by atoms with Crippen LogP contribution in [0.1, 0.15) is 24.9 Å². The number of carbonyl (C=O) groups is 1. The van der Waals surface area contributed by atoms with Gasteiger partial charge >= 0.3 is 12.2 Å². The summed E-state index contributed by atoms with van der Waals surface area (Å²) in [4.78, 5) is 14.2. The van der Waals surface area contributed by atoms with Crippen LogP contribution in [-0.2, 0) is 0 Å². The van der Waals surface area contributed by atoms with E-state index < -0.39 is 24.8 Å². The number of nitrogens with zero attached hydrogens (tertiary/aromatic N) is 3. The largest absolute Gasteiger partial charge is 0.406 e. The summed E-state index contributed by atoms with van der Waals surface area (Å²) in [6, 6.07) is 7.17. The Morgan fingerprint density at radius 2 is 2.00 bits per heavy atom. The Morgan fingerprint density at radius 1 is 1.33 bits per heavy atom. The zero-order valence-corrected chi connectivity index (χ0v) is 11.4. The molecular weight excluding hydrogens is 283 g/mol. The lowest BCUT2D eigenvalue weighted by atomic mass is 9.97. The molecule has 112 valence electrons. The molecule has 0 N–H and O–H groups in total. The number of anilines is 1. The maximum Gasteiger partial charge on any atom is 0.406 e. The molecule has 1 aliphatic rings. The SMILES string of the molecule is CCC1c2ccccc2N(CC#N)C(=O)N1CC(F)(F)F. The summed E-state index contributed by atoms with van der Waals surface area (Å²) >= 11 is 0. The lowest BCUT2D eigenvalue weighted by molar-refractivity contribution is -0.144. The molecule has 1 unspecified atom stereocenters. The quantitative estimate of drug-likeness (QED) is 0.802. The van der Waals surface area contributed by atoms with E-state index in [9.17, 15) is 18.0 Å². The molecule has 1 atom stereocenters. The van der Waals surface area contributed by atoms with Crippen LogP contribution in [0.25, 0.3) is 0 Å². The lowest BCUT2D eigenvalue weighted by Crippen LogP contribution is -2.52. The maximum atomic E-state index is 12.7. The van der Waals surface area contributed by atoms with E-state index in [2.05, 4.69) is 0 Å². The molecular formula is C14H14F3N3O. The van der Waals surface area contributed by atoms with Crippen molar-refractivity contribution in [3.63, 3.8) is 0 Å². The Kier molecular flexibility index (Phi) is 4.07. The van der Waals surface area contributed by atoms with Gasteiger partial charge in [0.25, 0.3) is 0 Å². The van der Waals surface area contributed by atoms with E-state index in [4.69, 9.17) is 5.26 Å². The number of para-hydroxylation sites is 1. The van der Waals surface area contributed by atoms with Crippen molar-refractivity contribution in [2.45, 2.75) is 25.6 Å². The molecule has 1 heterocycles. The molecule has 0 radical (unpaired) electrons. The van der Waals surface area contributed by atoms with Crippen molar-refractivity contribution < 1.29 is 18.0 Å². The summed E-state index contributed by atoms with van der Waals surface area (Å²) in [5.74, 6) is 0. The molecule has 4 nitrogen and oxygen atoms in total. The fourth-order valence-corrected chi connectivity index (χ4v) is 2.61. The highest BCUT2D eigenvalue weighted by atomic mass is 19.4. The number of hydrogen-bond donors (Lipinski definition) is 0. The normalized spacial score (nSPS) is 18.4. The van der Waals surface area contributed by atoms with Crippen LogP contribution in [0.15, 0.2) is 24.3 Å². The number of rotatable bonds is 3. The first-order valence-electron chi connectivity index (χ1n) is 6.49. The van der Waals surface area contributed by atoms with Gasteiger partial charge < -0.3 is 4.90 Å². The number of hydrogen-bond acceptors (Lipinski definition) is 2. The van der Waals surface area contributed by atoms with Gasteiger partial charge in [-0.25, -0.2) is 4.79 Å². The van der Waals surface area contributed by atoms with Crippen LogP contribution >= 0.6 is 0 Å². The predicted octanol–water partition coefficient (Wildman–Crippen LogP) is 3.47. The van der Waals surface area contributed by atoms with Gasteiger partial charge in [-0.15, -0.1) is 0 Å². The summed E-state index contributed by atoms with van der Waals surface area (Å²) < 4.78 is 38.2. The van der Waals surface area contributed by atoms with Gasteiger partial charge in [0, 0.05) is 0 Å². The van der Waals surface area contributed by atoms with Crippen molar-refractivity contribution in [1.29, 1.82) is 5.26 Å². The van der Waals surface area contributed by atoms with E-state index >= 15 is 0 Å². The molecule has 0 aliphatic carbocycles. The number of halogens is 3. The minimum Gasteiger partial charge on any atom is -0.308 e. The zero-order valence-electron chi connectivity index (χ0n) is 11.4. The number of benzene rings is 1. The molecule has 0 bridgehead atoms. The van der Waals surface area contributed by atoms with Crippen LogP contribution in [0.3, 0.4) is 0 Å². The van der Waals surface area contributed by atoms with E-state index in [0.29, 0.717) is 17.7 Å². The van der Waals surface area contributed by atoms with E-state index in [1.807, 2.05) is 6.07 Å². The van der Waals surface area contributed by atoms with E-state index in [1.54, 1.807) is 31.2 Å². The Bertz CT molecular complexity index is 580. The van der Waals surface area contributed by atoms with Gasteiger partial charge in [0.1, 0.15) is 13.1 Å². The average molecular weight is 297 g/mol. The number of urea groups is 1. The molecule has 21 heavy (non-hydrogen) atoms. The standard InChI is InChI=1S/C14H14F3N3O/c1-2-11-10-5-3-4-6-12(10)19(8-7-18)13(21)20(11)9-14(15,16)17/h3-6,11H,2,8-9H2,1H3. The second kappa shape index (κ2) is 5.64. The van der Waals surface area contributed by atoms with E-state index in [1.165, 1.54) is 0 Å². The number of alkyl halides is 3. The summed E-state index contributed by atoms with van der Waals surface area (Å²) in [5.41, 5.74) is 1.15. The molecule has 0 saturated heterocycles. The fourth-order valence-electron chi connectivity index (χ4n) is 2.61. The van der Waals surface area contributed by atoms with Crippen molar-refractivity contribution in [2.75, 3.05) is 18.0 Å². The minimum absolute atomic E-state index is 0.277. The zero-order chi connectivity index (χ0) is 15.6. The van der Waals surface area contributed by atoms with Crippen LogP contribution in [0.4, 0.5) is 23.7 Å². The Labute approximate surface area is 120 Å². The summed E-state index contributed by atoms with van der Waals surface area (Å²) in [6.45, 7) is 0.138. The molecule has 7 heteroatoms. The number of nitriles is 1. The van der Waals surface area contributed by atoms with Gasteiger partial charge in [0.2, 0.25) is 0 Å². The third kappa shape index (κ3) is 2.94. The third-order valence-electron chi connectivity index (χ3n) is 3.40. The molecule has 1 aliphatic heterocycles. The second-order valence-electron chi connectivity index (χ2n) is 4.75. The first-order chi connectivity index (χ1) is 9.89. The van der Waals surface area contributed by atoms with E-state index in [-0.39, 0.29) is 6.54 Å². The molecule has 0 saturated carbocycles. The van der Waals surface area contributed by atoms with Gasteiger partial charge in [0.05, 0.1) is 17.8 Å². The van der Waals surface area contributed by atoms with Crippen LogP contribution in [0.5, 0.6) is 0 Å². The fraction of sp³-hybridized carbons (Fsp3) is 0.429. The van der Waals surface area contributed by atoms with Crippen LogP contribution in [0, 0.1) is 11.3 Å². The van der Waals surface area contributed by atoms with Crippen LogP contribution in [0.2, 0.25) is 0 Å². The van der Waals surface area contributed by atoms with Gasteiger partial charge in [-0.1, -0.05) is 25.1 Å².